The van der Waals surface area contributed by atoms with Crippen molar-refractivity contribution in [2.45, 2.75) is 59.5 Å². The van der Waals surface area contributed by atoms with Gasteiger partial charge in [-0.2, -0.15) is 0 Å². The van der Waals surface area contributed by atoms with Crippen LogP contribution in [0.15, 0.2) is 12.7 Å². The first-order valence-electron chi connectivity index (χ1n) is 6.91. The third kappa shape index (κ3) is 2.01. The molecule has 3 unspecified atom stereocenters. The van der Waals surface area contributed by atoms with E-state index in [0.29, 0.717) is 5.41 Å². The fraction of sp³-hybridized carbons (Fsp3) is 0.867. The van der Waals surface area contributed by atoms with Gasteiger partial charge in [-0.3, -0.25) is 0 Å². The Kier molecular flexibility index (Phi) is 3.99. The molecule has 0 radical (unpaired) electrons. The van der Waals surface area contributed by atoms with Crippen LogP contribution >= 0.6 is 0 Å². The van der Waals surface area contributed by atoms with Gasteiger partial charge in [0.1, 0.15) is 0 Å². The molecule has 98 valence electrons. The van der Waals surface area contributed by atoms with Crippen LogP contribution in [0.4, 0.5) is 0 Å². The summed E-state index contributed by atoms with van der Waals surface area (Å²) in [5, 5.41) is 10.5. The van der Waals surface area contributed by atoms with E-state index in [0.717, 1.165) is 12.3 Å². The average Bonchev–Trinajstić information content (AvgIpc) is 2.62. The van der Waals surface area contributed by atoms with Crippen LogP contribution in [0.2, 0.25) is 13.4 Å². The molecule has 0 aliphatic heterocycles. The minimum absolute atomic E-state index is 0.0176. The number of rotatable bonds is 5. The Balaban J connectivity index is 2.19. The van der Waals surface area contributed by atoms with Gasteiger partial charge in [-0.15, -0.1) is 0 Å². The molecule has 0 spiro atoms. The maximum absolute atomic E-state index is 10.5. The molecule has 0 aromatic rings. The molecule has 2 heteroatoms. The number of fused-ring (bicyclic) bond motifs is 2. The molecular formula is C15H27OTe+. The summed E-state index contributed by atoms with van der Waals surface area (Å²) in [5.41, 5.74) is 0.648. The van der Waals surface area contributed by atoms with Crippen LogP contribution in [0.5, 0.6) is 0 Å². The van der Waals surface area contributed by atoms with E-state index in [1.807, 2.05) is 0 Å². The summed E-state index contributed by atoms with van der Waals surface area (Å²) in [4.78, 5) is 0. The van der Waals surface area contributed by atoms with Crippen molar-refractivity contribution in [3.8, 4) is 0 Å². The summed E-state index contributed by atoms with van der Waals surface area (Å²) >= 11 is -1.04. The number of hydrogen-bond donors (Lipinski definition) is 1. The van der Waals surface area contributed by atoms with Crippen LogP contribution in [-0.2, 0) is 0 Å². The van der Waals surface area contributed by atoms with Gasteiger partial charge in [-0.25, -0.2) is 0 Å². The van der Waals surface area contributed by atoms with E-state index in [-0.39, 0.29) is 11.5 Å². The summed E-state index contributed by atoms with van der Waals surface area (Å²) in [6, 6.07) is 0. The topological polar surface area (TPSA) is 20.2 Å². The Bertz CT molecular complexity index is 299. The van der Waals surface area contributed by atoms with Gasteiger partial charge in [0.15, 0.2) is 0 Å². The van der Waals surface area contributed by atoms with Crippen LogP contribution in [-0.4, -0.2) is 30.8 Å². The fourth-order valence-electron chi connectivity index (χ4n) is 4.19. The van der Waals surface area contributed by atoms with Crippen LogP contribution in [0.1, 0.15) is 40.0 Å². The summed E-state index contributed by atoms with van der Waals surface area (Å²) in [6.07, 6.45) is 5.80. The van der Waals surface area contributed by atoms with E-state index < -0.39 is 19.6 Å². The molecule has 2 bridgehead atoms. The molecule has 1 nitrogen and oxygen atoms in total. The standard InChI is InChI=1S/C15H27OTe/c1-5-9-17(6-2)11-15-8-7-12(10-13(15)16)14(15,3)4/h5,12-13,16H,1,6-11H2,2-4H3/q+1. The van der Waals surface area contributed by atoms with Crippen molar-refractivity contribution in [1.82, 2.24) is 0 Å². The molecule has 1 N–H and O–H groups in total. The van der Waals surface area contributed by atoms with E-state index in [2.05, 4.69) is 33.4 Å². The molecule has 0 heterocycles. The molecule has 0 aromatic heterocycles. The molecule has 2 aliphatic carbocycles. The molecule has 2 saturated carbocycles. The van der Waals surface area contributed by atoms with Gasteiger partial charge in [0.2, 0.25) is 0 Å². The Labute approximate surface area is 113 Å². The zero-order valence-electron chi connectivity index (χ0n) is 11.5. The van der Waals surface area contributed by atoms with Crippen LogP contribution in [0.3, 0.4) is 0 Å². The van der Waals surface area contributed by atoms with Gasteiger partial charge >= 0.3 is 114 Å². The van der Waals surface area contributed by atoms with Crippen molar-refractivity contribution in [3.63, 3.8) is 0 Å². The van der Waals surface area contributed by atoms with Gasteiger partial charge < -0.3 is 0 Å². The first kappa shape index (κ1) is 13.9. The normalized spacial score (nSPS) is 38.9. The van der Waals surface area contributed by atoms with Crippen molar-refractivity contribution in [2.75, 3.05) is 0 Å². The van der Waals surface area contributed by atoms with Crippen molar-refractivity contribution >= 4 is 19.6 Å². The summed E-state index contributed by atoms with van der Waals surface area (Å²) in [5.74, 6) is 0.776. The van der Waals surface area contributed by atoms with Crippen molar-refractivity contribution in [2.24, 2.45) is 16.7 Å². The van der Waals surface area contributed by atoms with Gasteiger partial charge in [0.25, 0.3) is 0 Å². The molecule has 2 fully saturated rings. The zero-order valence-corrected chi connectivity index (χ0v) is 13.9. The summed E-state index contributed by atoms with van der Waals surface area (Å²) in [7, 11) is 0. The molecule has 3 atom stereocenters. The predicted octanol–water partition coefficient (Wildman–Crippen LogP) is 3.87. The van der Waals surface area contributed by atoms with Gasteiger partial charge in [0.05, 0.1) is 0 Å². The summed E-state index contributed by atoms with van der Waals surface area (Å²) in [6.45, 7) is 11.1. The van der Waals surface area contributed by atoms with E-state index in [1.54, 1.807) is 0 Å². The number of aliphatic hydroxyl groups excluding tert-OH is 1. The Morgan fingerprint density at radius 3 is 2.59 bits per heavy atom. The molecule has 2 aliphatic rings. The Morgan fingerprint density at radius 1 is 1.47 bits per heavy atom. The van der Waals surface area contributed by atoms with E-state index in [1.165, 1.54) is 26.2 Å². The molecule has 0 saturated heterocycles. The molecule has 2 rings (SSSR count). The van der Waals surface area contributed by atoms with Crippen molar-refractivity contribution in [1.29, 1.82) is 0 Å². The molecule has 0 amide bonds. The fourth-order valence-corrected chi connectivity index (χ4v) is 10.8. The van der Waals surface area contributed by atoms with Gasteiger partial charge in [-0.05, 0) is 0 Å². The van der Waals surface area contributed by atoms with E-state index in [4.69, 9.17) is 0 Å². The Hall–Kier alpha value is 0.490. The van der Waals surface area contributed by atoms with Crippen molar-refractivity contribution < 1.29 is 5.11 Å². The number of hydrogen-bond acceptors (Lipinski definition) is 1. The second-order valence-electron chi connectivity index (χ2n) is 6.37. The summed E-state index contributed by atoms with van der Waals surface area (Å²) < 4.78 is 4.02. The quantitative estimate of drug-likeness (QED) is 0.589. The first-order valence-corrected chi connectivity index (χ1v) is 11.9. The minimum atomic E-state index is -1.04. The van der Waals surface area contributed by atoms with Crippen LogP contribution in [0, 0.1) is 16.7 Å². The third-order valence-corrected chi connectivity index (χ3v) is 12.6. The number of allylic oxidation sites excluding steroid dienone is 1. The maximum atomic E-state index is 10.5. The Morgan fingerprint density at radius 2 is 2.18 bits per heavy atom. The zero-order chi connectivity index (χ0) is 12.7. The third-order valence-electron chi connectivity index (χ3n) is 5.61. The van der Waals surface area contributed by atoms with Gasteiger partial charge in [-0.1, -0.05) is 0 Å². The van der Waals surface area contributed by atoms with E-state index >= 15 is 0 Å². The second kappa shape index (κ2) is 4.87. The first-order chi connectivity index (χ1) is 7.98. The van der Waals surface area contributed by atoms with Crippen molar-refractivity contribution in [3.05, 3.63) is 12.7 Å². The SMILES string of the molecule is C=CC[Te+](CC)CC12CCC(CC1O)C2(C)C. The predicted molar refractivity (Wildman–Crippen MR) is 75.6 cm³/mol. The van der Waals surface area contributed by atoms with Gasteiger partial charge in [0, 0.05) is 0 Å². The second-order valence-corrected chi connectivity index (χ2v) is 13.3. The number of aliphatic hydroxyl groups is 1. The monoisotopic (exact) mass is 353 g/mol. The molecule has 17 heavy (non-hydrogen) atoms. The average molecular weight is 351 g/mol. The van der Waals surface area contributed by atoms with Crippen LogP contribution < -0.4 is 0 Å². The molecular weight excluding hydrogens is 324 g/mol. The molecule has 0 aromatic carbocycles. The van der Waals surface area contributed by atoms with Crippen LogP contribution in [0.25, 0.3) is 0 Å². The van der Waals surface area contributed by atoms with E-state index in [9.17, 15) is 5.11 Å².